The van der Waals surface area contributed by atoms with Crippen LogP contribution in [0.3, 0.4) is 0 Å². The van der Waals surface area contributed by atoms with Gasteiger partial charge >= 0.3 is 0 Å². The zero-order chi connectivity index (χ0) is 48.2. The lowest BCUT2D eigenvalue weighted by atomic mass is 9.85. The molecule has 1 unspecified atom stereocenters. The van der Waals surface area contributed by atoms with Crippen LogP contribution >= 0.6 is 0 Å². The Labute approximate surface area is 391 Å². The molecule has 5 heterocycles. The third-order valence-corrected chi connectivity index (χ3v) is 11.6. The van der Waals surface area contributed by atoms with Gasteiger partial charge in [-0.05, 0) is 70.2 Å². The Kier molecular flexibility index (Phi) is 16.4. The zero-order valence-corrected chi connectivity index (χ0v) is 37.8. The van der Waals surface area contributed by atoms with Crippen molar-refractivity contribution in [1.29, 1.82) is 5.26 Å². The monoisotopic (exact) mass is 934 g/mol. The number of rotatable bonds is 22. The molecule has 0 bridgehead atoms. The highest BCUT2D eigenvalue weighted by Crippen LogP contribution is 2.34. The molecule has 1 aromatic carbocycles. The molecule has 21 heteroatoms. The van der Waals surface area contributed by atoms with Gasteiger partial charge in [-0.2, -0.15) is 5.26 Å². The number of aromatic nitrogens is 3. The Morgan fingerprint density at radius 2 is 1.59 bits per heavy atom. The number of carbonyl (C=O) groups is 7. The summed E-state index contributed by atoms with van der Waals surface area (Å²) in [5, 5.41) is 24.3. The van der Waals surface area contributed by atoms with E-state index in [1.54, 1.807) is 12.3 Å². The molecule has 7 rings (SSSR count). The van der Waals surface area contributed by atoms with E-state index in [9.17, 15) is 38.8 Å². The number of piperidine rings is 1. The molecule has 1 saturated carbocycles. The number of nitriles is 1. The minimum atomic E-state index is -1.12. The molecule has 1 saturated heterocycles. The van der Waals surface area contributed by atoms with Gasteiger partial charge in [-0.1, -0.05) is 6.07 Å². The fraction of sp³-hybridized carbons (Fsp3) is 0.447. The van der Waals surface area contributed by atoms with Crippen LogP contribution in [-0.4, -0.2) is 138 Å². The number of pyridine rings is 2. The minimum Gasteiger partial charge on any atom is -0.483 e. The van der Waals surface area contributed by atoms with E-state index in [2.05, 4.69) is 42.6 Å². The molecule has 1 aliphatic carbocycles. The molecule has 0 spiro atoms. The molecule has 2 aliphatic heterocycles. The third kappa shape index (κ3) is 12.0. The van der Waals surface area contributed by atoms with Gasteiger partial charge in [0.15, 0.2) is 6.61 Å². The summed E-state index contributed by atoms with van der Waals surface area (Å²) in [5.74, 6) is -2.90. The molecular weight excluding hydrogens is 881 g/mol. The van der Waals surface area contributed by atoms with Crippen LogP contribution < -0.4 is 31.3 Å². The van der Waals surface area contributed by atoms with Crippen LogP contribution in [0.2, 0.25) is 0 Å². The van der Waals surface area contributed by atoms with Gasteiger partial charge in [0.25, 0.3) is 23.6 Å². The largest absolute Gasteiger partial charge is 0.483 e. The number of imide groups is 2. The van der Waals surface area contributed by atoms with E-state index in [4.69, 9.17) is 18.9 Å². The first-order chi connectivity index (χ1) is 32.9. The summed E-state index contributed by atoms with van der Waals surface area (Å²) in [7, 11) is 0. The summed E-state index contributed by atoms with van der Waals surface area (Å²) in [6, 6.07) is 10.8. The maximum atomic E-state index is 13.5. The Balaban J connectivity index is 0.708. The lowest BCUT2D eigenvalue weighted by Gasteiger charge is -2.28. The van der Waals surface area contributed by atoms with Crippen molar-refractivity contribution in [2.45, 2.75) is 70.5 Å². The number of fused-ring (bicyclic) bond motifs is 2. The maximum Gasteiger partial charge on any atom is 0.266 e. The van der Waals surface area contributed by atoms with E-state index in [1.807, 2.05) is 36.7 Å². The average Bonchev–Trinajstić information content (AvgIpc) is 3.86. The first-order valence-electron chi connectivity index (χ1n) is 22.6. The highest BCUT2D eigenvalue weighted by atomic mass is 16.5. The Bertz CT molecular complexity index is 2580. The molecule has 3 aromatic heterocycles. The van der Waals surface area contributed by atoms with Gasteiger partial charge in [0.1, 0.15) is 29.3 Å². The fourth-order valence-corrected chi connectivity index (χ4v) is 8.21. The number of nitrogens with zero attached hydrogens (tertiary/aromatic N) is 5. The Morgan fingerprint density at radius 3 is 2.29 bits per heavy atom. The highest BCUT2D eigenvalue weighted by molar-refractivity contribution is 6.24. The van der Waals surface area contributed by atoms with Crippen molar-refractivity contribution in [2.75, 3.05) is 64.7 Å². The summed E-state index contributed by atoms with van der Waals surface area (Å²) in [6.07, 6.45) is 7.53. The number of benzene rings is 1. The molecule has 21 nitrogen and oxygen atoms in total. The maximum absolute atomic E-state index is 13.5. The second-order valence-electron chi connectivity index (χ2n) is 16.7. The topological polar surface area (TPSA) is 274 Å². The van der Waals surface area contributed by atoms with E-state index in [-0.39, 0.29) is 79.3 Å². The van der Waals surface area contributed by atoms with Crippen molar-refractivity contribution in [2.24, 2.45) is 5.92 Å². The van der Waals surface area contributed by atoms with E-state index in [1.165, 1.54) is 24.4 Å². The molecule has 7 amide bonds. The van der Waals surface area contributed by atoms with Crippen molar-refractivity contribution < 1.29 is 52.5 Å². The van der Waals surface area contributed by atoms with E-state index in [0.29, 0.717) is 86.9 Å². The summed E-state index contributed by atoms with van der Waals surface area (Å²) >= 11 is 0. The van der Waals surface area contributed by atoms with Gasteiger partial charge in [-0.25, -0.2) is 9.97 Å². The number of ether oxygens (including phenoxy) is 4. The van der Waals surface area contributed by atoms with Gasteiger partial charge in [-0.3, -0.25) is 48.3 Å². The van der Waals surface area contributed by atoms with Gasteiger partial charge in [0.2, 0.25) is 17.7 Å². The minimum absolute atomic E-state index is 0.00178. The lowest BCUT2D eigenvalue weighted by Crippen LogP contribution is -2.54. The number of anilines is 1. The van der Waals surface area contributed by atoms with Crippen molar-refractivity contribution in [3.8, 4) is 17.6 Å². The van der Waals surface area contributed by atoms with Crippen LogP contribution in [-0.2, 0) is 33.4 Å². The molecule has 4 aromatic rings. The van der Waals surface area contributed by atoms with E-state index in [0.717, 1.165) is 10.3 Å². The van der Waals surface area contributed by atoms with Crippen molar-refractivity contribution >= 4 is 58.1 Å². The summed E-state index contributed by atoms with van der Waals surface area (Å²) in [6.45, 7) is 5.85. The number of hydrogen-bond donors (Lipinski definition) is 5. The van der Waals surface area contributed by atoms with Crippen LogP contribution in [0.25, 0.3) is 16.9 Å². The van der Waals surface area contributed by atoms with Crippen LogP contribution in [0.15, 0.2) is 55.0 Å². The number of hydrogen-bond acceptors (Lipinski definition) is 15. The van der Waals surface area contributed by atoms with Crippen molar-refractivity contribution in [1.82, 2.24) is 40.7 Å². The number of carbonyl (C=O) groups excluding carboxylic acids is 7. The second-order valence-corrected chi connectivity index (χ2v) is 16.7. The molecule has 3 aliphatic rings. The summed E-state index contributed by atoms with van der Waals surface area (Å²) < 4.78 is 24.0. The van der Waals surface area contributed by atoms with Crippen LogP contribution in [0.1, 0.15) is 89.0 Å². The molecular formula is C47H54N10O11. The fourth-order valence-electron chi connectivity index (χ4n) is 8.21. The predicted molar refractivity (Wildman–Crippen MR) is 243 cm³/mol. The molecule has 2 fully saturated rings. The SMILES string of the molecule is CC(C)Nc1cc(-n2ccc3cc(C#N)cnc32)ncc1C(=O)NC1CCC(C(=O)NCCOCCOCCOCCNC(=O)COc2cccc3c2C(=O)N(C2CCC(=O)NC2=O)C3=O)CC1. The van der Waals surface area contributed by atoms with Gasteiger partial charge in [0.05, 0.1) is 67.6 Å². The van der Waals surface area contributed by atoms with Crippen molar-refractivity contribution in [3.63, 3.8) is 0 Å². The first kappa shape index (κ1) is 48.6. The molecule has 5 N–H and O–H groups in total. The van der Waals surface area contributed by atoms with Gasteiger partial charge in [0, 0.05) is 67.6 Å². The Hall–Kier alpha value is -7.28. The second kappa shape index (κ2) is 23.0. The zero-order valence-electron chi connectivity index (χ0n) is 37.8. The molecule has 0 radical (unpaired) electrons. The Morgan fingerprint density at radius 1 is 0.868 bits per heavy atom. The average molecular weight is 935 g/mol. The van der Waals surface area contributed by atoms with E-state index < -0.39 is 42.2 Å². The van der Waals surface area contributed by atoms with E-state index >= 15 is 0 Å². The standard InChI is InChI=1S/C47H54N10O11/c1-28(2)53-35-23-38(56-15-12-31-22-29(24-48)25-52-42(31)56)51-26-34(35)44(61)54-32-8-6-30(7-9-32)43(60)50-14-17-66-19-21-67-20-18-65-16-13-49-40(59)27-68-37-5-3-4-33-41(37)47(64)57(46(33)63)36-10-11-39(58)55-45(36)62/h3-5,12,15,22-23,25-26,28,30,32,36H,6-11,13-14,16-21,27H2,1-2H3,(H,49,59)(H,50,60)(H,51,53)(H,54,61)(H,55,58,62). The predicted octanol–water partition coefficient (Wildman–Crippen LogP) is 2.16. The summed E-state index contributed by atoms with van der Waals surface area (Å²) in [4.78, 5) is 98.7. The summed E-state index contributed by atoms with van der Waals surface area (Å²) in [5.41, 5.74) is 2.17. The van der Waals surface area contributed by atoms with Crippen LogP contribution in [0.5, 0.6) is 5.75 Å². The lowest BCUT2D eigenvalue weighted by molar-refractivity contribution is -0.136. The van der Waals surface area contributed by atoms with Gasteiger partial charge < -0.3 is 40.2 Å². The van der Waals surface area contributed by atoms with Crippen molar-refractivity contribution in [3.05, 3.63) is 77.2 Å². The van der Waals surface area contributed by atoms with Crippen LogP contribution in [0.4, 0.5) is 5.69 Å². The quantitative estimate of drug-likeness (QED) is 0.0558. The molecule has 68 heavy (non-hydrogen) atoms. The smallest absolute Gasteiger partial charge is 0.266 e. The van der Waals surface area contributed by atoms with Gasteiger partial charge in [-0.15, -0.1) is 0 Å². The number of amides is 7. The third-order valence-electron chi connectivity index (χ3n) is 11.6. The first-order valence-corrected chi connectivity index (χ1v) is 22.6. The molecule has 1 atom stereocenters. The normalized spacial score (nSPS) is 18.0. The molecule has 358 valence electrons. The number of nitrogens with one attached hydrogen (secondary N) is 5. The van der Waals surface area contributed by atoms with Crippen LogP contribution in [0, 0.1) is 17.2 Å². The highest BCUT2D eigenvalue weighted by Gasteiger charge is 2.46.